The highest BCUT2D eigenvalue weighted by atomic mass is 16.8. The Morgan fingerprint density at radius 3 is 2.41 bits per heavy atom. The molecule has 8 rings (SSSR count). The summed E-state index contributed by atoms with van der Waals surface area (Å²) >= 11 is 0. The van der Waals surface area contributed by atoms with Crippen LogP contribution in [0, 0.1) is 40.9 Å². The zero-order valence-electron chi connectivity index (χ0n) is 23.9. The molecule has 4 bridgehead atoms. The average molecular weight is 550 g/mol. The van der Waals surface area contributed by atoms with Crippen LogP contribution in [-0.4, -0.2) is 102 Å². The highest BCUT2D eigenvalue weighted by Crippen LogP contribution is 2.78. The highest BCUT2D eigenvalue weighted by Gasteiger charge is 2.88. The van der Waals surface area contributed by atoms with Gasteiger partial charge in [0.2, 0.25) is 0 Å². The van der Waals surface area contributed by atoms with Gasteiger partial charge in [-0.3, -0.25) is 4.90 Å². The number of hydrogen-bond donors (Lipinski definition) is 5. The van der Waals surface area contributed by atoms with Gasteiger partial charge in [-0.25, -0.2) is 0 Å². The van der Waals surface area contributed by atoms with Crippen LogP contribution in [0.15, 0.2) is 0 Å². The average Bonchev–Trinajstić information content (AvgIpc) is 3.30. The van der Waals surface area contributed by atoms with Crippen LogP contribution in [0.2, 0.25) is 0 Å². The Kier molecular flexibility index (Phi) is 4.99. The summed E-state index contributed by atoms with van der Waals surface area (Å²) in [5, 5.41) is 59.3. The van der Waals surface area contributed by atoms with Crippen molar-refractivity contribution in [1.29, 1.82) is 0 Å². The second-order valence-corrected chi connectivity index (χ2v) is 15.8. The molecule has 9 nitrogen and oxygen atoms in total. The Labute approximate surface area is 230 Å². The van der Waals surface area contributed by atoms with Crippen LogP contribution >= 0.6 is 0 Å². The first-order valence-corrected chi connectivity index (χ1v) is 15.4. The van der Waals surface area contributed by atoms with E-state index < -0.39 is 76.0 Å². The molecule has 4 aliphatic carbocycles. The van der Waals surface area contributed by atoms with Crippen LogP contribution in [0.3, 0.4) is 0 Å². The second-order valence-electron chi connectivity index (χ2n) is 15.8. The lowest BCUT2D eigenvalue weighted by atomic mass is 9.49. The lowest BCUT2D eigenvalue weighted by Crippen LogP contribution is -2.76. The van der Waals surface area contributed by atoms with Crippen molar-refractivity contribution in [2.45, 2.75) is 132 Å². The summed E-state index contributed by atoms with van der Waals surface area (Å²) < 4.78 is 20.4. The van der Waals surface area contributed by atoms with Gasteiger partial charge >= 0.3 is 0 Å². The van der Waals surface area contributed by atoms with Gasteiger partial charge in [-0.15, -0.1) is 0 Å². The Balaban J connectivity index is 1.32. The number of piperidine rings is 2. The smallest absolute Gasteiger partial charge is 0.196 e. The summed E-state index contributed by atoms with van der Waals surface area (Å²) in [7, 11) is 0. The van der Waals surface area contributed by atoms with Crippen LogP contribution in [-0.2, 0) is 14.2 Å². The van der Waals surface area contributed by atoms with E-state index in [-0.39, 0.29) is 17.9 Å². The maximum atomic E-state index is 12.3. The third-order valence-corrected chi connectivity index (χ3v) is 13.6. The molecule has 4 saturated heterocycles. The maximum Gasteiger partial charge on any atom is 0.196 e. The van der Waals surface area contributed by atoms with E-state index in [1.165, 1.54) is 0 Å². The third kappa shape index (κ3) is 2.76. The van der Waals surface area contributed by atoms with E-state index in [1.54, 1.807) is 0 Å². The van der Waals surface area contributed by atoms with E-state index in [1.807, 2.05) is 20.8 Å². The molecule has 8 fully saturated rings. The lowest BCUT2D eigenvalue weighted by Gasteiger charge is -2.63. The number of aliphatic hydroxyl groups excluding tert-OH is 3. The van der Waals surface area contributed by atoms with Crippen molar-refractivity contribution in [3.63, 3.8) is 0 Å². The van der Waals surface area contributed by atoms with E-state index >= 15 is 0 Å². The van der Waals surface area contributed by atoms with Crippen LogP contribution in [0.25, 0.3) is 0 Å². The van der Waals surface area contributed by atoms with Gasteiger partial charge in [0.05, 0.1) is 23.4 Å². The standard InChI is InChI=1S/C30H47NO8/c1-14-6-7-19-27(5,35)21-15(13-31(19)12-14)16-11-28-23(29(16)24(22(21)34)37-25(2,3)38-29)17(32)10-18-26(28,4)9-8-20(33)30(18,36)39-28/h14-24,32-36H,6-13H2,1-5H3. The quantitative estimate of drug-likeness (QED) is 0.300. The Morgan fingerprint density at radius 2 is 1.67 bits per heavy atom. The zero-order valence-corrected chi connectivity index (χ0v) is 23.9. The summed E-state index contributed by atoms with van der Waals surface area (Å²) in [6, 6.07) is -0.0282. The van der Waals surface area contributed by atoms with Gasteiger partial charge in [0.25, 0.3) is 0 Å². The molecule has 9 heteroatoms. The third-order valence-electron chi connectivity index (χ3n) is 13.6. The molecule has 220 valence electrons. The molecule has 0 aromatic rings. The van der Waals surface area contributed by atoms with Crippen molar-refractivity contribution >= 4 is 0 Å². The summed E-state index contributed by atoms with van der Waals surface area (Å²) in [6.45, 7) is 11.7. The molecular formula is C30H47NO8. The normalized spacial score (nSPS) is 66.5. The molecule has 4 aliphatic heterocycles. The van der Waals surface area contributed by atoms with Crippen molar-refractivity contribution in [2.24, 2.45) is 40.9 Å². The van der Waals surface area contributed by atoms with Crippen molar-refractivity contribution in [3.05, 3.63) is 0 Å². The van der Waals surface area contributed by atoms with E-state index in [0.29, 0.717) is 31.6 Å². The summed E-state index contributed by atoms with van der Waals surface area (Å²) in [5.74, 6) is -3.82. The molecule has 16 atom stereocenters. The van der Waals surface area contributed by atoms with E-state index in [9.17, 15) is 25.5 Å². The minimum absolute atomic E-state index is 0.0282. The molecule has 0 radical (unpaired) electrons. The minimum Gasteiger partial charge on any atom is -0.393 e. The topological polar surface area (TPSA) is 132 Å². The van der Waals surface area contributed by atoms with Crippen LogP contribution < -0.4 is 0 Å². The van der Waals surface area contributed by atoms with Gasteiger partial charge in [-0.1, -0.05) is 13.8 Å². The number of nitrogens with zero attached hydrogens (tertiary/aromatic N) is 1. The number of fused-ring (bicyclic) bond motifs is 3. The summed E-state index contributed by atoms with van der Waals surface area (Å²) in [5.41, 5.74) is -3.58. The summed E-state index contributed by atoms with van der Waals surface area (Å²) in [6.07, 6.45) is 0.318. The van der Waals surface area contributed by atoms with E-state index in [0.717, 1.165) is 25.9 Å². The van der Waals surface area contributed by atoms with Crippen LogP contribution in [0.1, 0.15) is 73.1 Å². The fourth-order valence-electron chi connectivity index (χ4n) is 12.4. The molecular weight excluding hydrogens is 502 g/mol. The maximum absolute atomic E-state index is 12.3. The van der Waals surface area contributed by atoms with Crippen molar-refractivity contribution in [2.75, 3.05) is 13.1 Å². The summed E-state index contributed by atoms with van der Waals surface area (Å²) in [4.78, 5) is 2.43. The number of hydrogen-bond acceptors (Lipinski definition) is 9. The molecule has 4 heterocycles. The second kappa shape index (κ2) is 7.40. The first-order valence-electron chi connectivity index (χ1n) is 15.4. The number of rotatable bonds is 0. The molecule has 2 spiro atoms. The van der Waals surface area contributed by atoms with Crippen molar-refractivity contribution in [3.8, 4) is 0 Å². The largest absolute Gasteiger partial charge is 0.393 e. The molecule has 39 heavy (non-hydrogen) atoms. The molecule has 0 aromatic heterocycles. The molecule has 4 saturated carbocycles. The molecule has 0 aromatic carbocycles. The monoisotopic (exact) mass is 549 g/mol. The van der Waals surface area contributed by atoms with Gasteiger partial charge in [-0.05, 0) is 77.0 Å². The van der Waals surface area contributed by atoms with Gasteiger partial charge in [-0.2, -0.15) is 0 Å². The van der Waals surface area contributed by atoms with Gasteiger partial charge in [0, 0.05) is 42.3 Å². The SMILES string of the molecule is CC1CCC2N(C1)CC1C(C(O)C3OC(C)(C)OC34C1CC13OC5(O)C(O)CCC1(C)C5CC(O)C43)C2(C)O. The molecule has 5 N–H and O–H groups in total. The van der Waals surface area contributed by atoms with Gasteiger partial charge < -0.3 is 39.7 Å². The van der Waals surface area contributed by atoms with Crippen LogP contribution in [0.4, 0.5) is 0 Å². The fourth-order valence-corrected chi connectivity index (χ4v) is 12.4. The first kappa shape index (κ1) is 26.3. The Bertz CT molecular complexity index is 1090. The van der Waals surface area contributed by atoms with Gasteiger partial charge in [0.1, 0.15) is 17.8 Å². The van der Waals surface area contributed by atoms with Gasteiger partial charge in [0.15, 0.2) is 11.6 Å². The predicted octanol–water partition coefficient (Wildman–Crippen LogP) is 0.984. The van der Waals surface area contributed by atoms with E-state index in [2.05, 4.69) is 18.7 Å². The minimum atomic E-state index is -1.72. The zero-order chi connectivity index (χ0) is 27.7. The van der Waals surface area contributed by atoms with E-state index in [4.69, 9.17) is 14.2 Å². The lowest BCUT2D eigenvalue weighted by molar-refractivity contribution is -0.286. The first-order chi connectivity index (χ1) is 18.1. The molecule has 16 unspecified atom stereocenters. The Hall–Kier alpha value is -0.360. The van der Waals surface area contributed by atoms with Crippen molar-refractivity contribution in [1.82, 2.24) is 4.90 Å². The fraction of sp³-hybridized carbons (Fsp3) is 1.00. The molecule has 8 aliphatic rings. The Morgan fingerprint density at radius 1 is 0.923 bits per heavy atom. The molecule has 0 amide bonds. The van der Waals surface area contributed by atoms with Crippen LogP contribution in [0.5, 0.6) is 0 Å². The highest BCUT2D eigenvalue weighted by molar-refractivity contribution is 5.35. The number of ether oxygens (including phenoxy) is 3. The van der Waals surface area contributed by atoms with Crippen molar-refractivity contribution < 1.29 is 39.7 Å². The predicted molar refractivity (Wildman–Crippen MR) is 138 cm³/mol. The number of aliphatic hydroxyl groups is 5.